The van der Waals surface area contributed by atoms with Crippen LogP contribution in [0.3, 0.4) is 0 Å². The summed E-state index contributed by atoms with van der Waals surface area (Å²) in [5.74, 6) is -0.412. The van der Waals surface area contributed by atoms with Gasteiger partial charge in [-0.1, -0.05) is 66.7 Å². The van der Waals surface area contributed by atoms with Crippen LogP contribution >= 0.6 is 0 Å². The molecular formula is C27H28F2N2. The minimum atomic E-state index is -0.207. The molecule has 4 rings (SSSR count). The Hall–Kier alpha value is -2.82. The zero-order valence-corrected chi connectivity index (χ0v) is 17.6. The van der Waals surface area contributed by atoms with E-state index < -0.39 is 0 Å². The van der Waals surface area contributed by atoms with Gasteiger partial charge in [-0.05, 0) is 47.4 Å². The first-order valence-corrected chi connectivity index (χ1v) is 10.8. The summed E-state index contributed by atoms with van der Waals surface area (Å²) in [7, 11) is 0. The van der Waals surface area contributed by atoms with Gasteiger partial charge in [0.2, 0.25) is 0 Å². The van der Waals surface area contributed by atoms with Gasteiger partial charge in [0.15, 0.2) is 0 Å². The van der Waals surface area contributed by atoms with E-state index in [-0.39, 0.29) is 11.6 Å². The van der Waals surface area contributed by atoms with Crippen molar-refractivity contribution >= 4 is 6.08 Å². The maximum atomic E-state index is 13.3. The summed E-state index contributed by atoms with van der Waals surface area (Å²) in [6, 6.07) is 24.2. The molecule has 160 valence electrons. The van der Waals surface area contributed by atoms with Crippen LogP contribution in [0, 0.1) is 11.6 Å². The Labute approximate surface area is 183 Å². The van der Waals surface area contributed by atoms with Crippen LogP contribution < -0.4 is 0 Å². The van der Waals surface area contributed by atoms with Gasteiger partial charge in [0.1, 0.15) is 11.6 Å². The smallest absolute Gasteiger partial charge is 0.123 e. The lowest BCUT2D eigenvalue weighted by atomic mass is 10.0. The highest BCUT2D eigenvalue weighted by molar-refractivity contribution is 5.48. The SMILES string of the molecule is Fc1ccc(CC2CN(CC=Cc3ccccc3)CCN2Cc2ccc(F)cc2)cc1. The van der Waals surface area contributed by atoms with Crippen LogP contribution in [-0.2, 0) is 13.0 Å². The summed E-state index contributed by atoms with van der Waals surface area (Å²) in [6.07, 6.45) is 5.25. The molecule has 0 spiro atoms. The summed E-state index contributed by atoms with van der Waals surface area (Å²) < 4.78 is 26.6. The topological polar surface area (TPSA) is 6.48 Å². The second kappa shape index (κ2) is 10.5. The Balaban J connectivity index is 1.43. The lowest BCUT2D eigenvalue weighted by Gasteiger charge is -2.41. The number of piperazine rings is 1. The standard InChI is InChI=1S/C27H28F2N2/c28-25-12-8-23(9-13-25)19-27-21-30(16-4-7-22-5-2-1-3-6-22)17-18-31(27)20-24-10-14-26(29)15-11-24/h1-15,27H,16-21H2. The average Bonchev–Trinajstić information content (AvgIpc) is 2.79. The van der Waals surface area contributed by atoms with Gasteiger partial charge < -0.3 is 0 Å². The molecule has 2 nitrogen and oxygen atoms in total. The van der Waals surface area contributed by atoms with Crippen LogP contribution in [0.25, 0.3) is 6.08 Å². The Kier molecular flexibility index (Phi) is 7.23. The van der Waals surface area contributed by atoms with Gasteiger partial charge in [-0.25, -0.2) is 8.78 Å². The molecule has 1 atom stereocenters. The van der Waals surface area contributed by atoms with Crippen LogP contribution in [0.4, 0.5) is 8.78 Å². The molecule has 4 heteroatoms. The molecule has 0 N–H and O–H groups in total. The number of hydrogen-bond acceptors (Lipinski definition) is 2. The van der Waals surface area contributed by atoms with Crippen LogP contribution in [0.1, 0.15) is 16.7 Å². The van der Waals surface area contributed by atoms with Gasteiger partial charge in [-0.15, -0.1) is 0 Å². The third kappa shape index (κ3) is 6.33. The zero-order chi connectivity index (χ0) is 21.5. The molecule has 0 radical (unpaired) electrons. The van der Waals surface area contributed by atoms with Gasteiger partial charge in [0.25, 0.3) is 0 Å². The largest absolute Gasteiger partial charge is 0.297 e. The second-order valence-corrected chi connectivity index (χ2v) is 8.15. The highest BCUT2D eigenvalue weighted by atomic mass is 19.1. The molecular weight excluding hydrogens is 390 g/mol. The van der Waals surface area contributed by atoms with E-state index in [1.165, 1.54) is 29.8 Å². The molecule has 1 unspecified atom stereocenters. The van der Waals surface area contributed by atoms with E-state index in [0.717, 1.165) is 50.3 Å². The lowest BCUT2D eigenvalue weighted by molar-refractivity contribution is 0.0753. The molecule has 1 fully saturated rings. The molecule has 3 aromatic rings. The third-order valence-electron chi connectivity index (χ3n) is 5.85. The first-order chi connectivity index (χ1) is 15.2. The molecule has 1 saturated heterocycles. The lowest BCUT2D eigenvalue weighted by Crippen LogP contribution is -2.53. The molecule has 1 heterocycles. The number of rotatable bonds is 7. The highest BCUT2D eigenvalue weighted by Gasteiger charge is 2.26. The fourth-order valence-corrected chi connectivity index (χ4v) is 4.14. The number of hydrogen-bond donors (Lipinski definition) is 0. The monoisotopic (exact) mass is 418 g/mol. The van der Waals surface area contributed by atoms with Crippen LogP contribution in [-0.4, -0.2) is 42.0 Å². The van der Waals surface area contributed by atoms with Gasteiger partial charge in [-0.2, -0.15) is 0 Å². The van der Waals surface area contributed by atoms with Gasteiger partial charge in [-0.3, -0.25) is 9.80 Å². The maximum Gasteiger partial charge on any atom is 0.123 e. The van der Waals surface area contributed by atoms with Crippen molar-refractivity contribution in [2.24, 2.45) is 0 Å². The Bertz CT molecular complexity index is 968. The van der Waals surface area contributed by atoms with E-state index in [2.05, 4.69) is 34.1 Å². The molecule has 0 bridgehead atoms. The predicted octanol–water partition coefficient (Wildman–Crippen LogP) is 5.41. The fraction of sp³-hybridized carbons (Fsp3) is 0.259. The predicted molar refractivity (Wildman–Crippen MR) is 123 cm³/mol. The van der Waals surface area contributed by atoms with Gasteiger partial charge >= 0.3 is 0 Å². The number of benzene rings is 3. The first-order valence-electron chi connectivity index (χ1n) is 10.8. The van der Waals surface area contributed by atoms with Gasteiger partial charge in [0.05, 0.1) is 0 Å². The molecule has 0 saturated carbocycles. The van der Waals surface area contributed by atoms with Crippen LogP contribution in [0.2, 0.25) is 0 Å². The molecule has 1 aliphatic heterocycles. The number of nitrogens with zero attached hydrogens (tertiary/aromatic N) is 2. The van der Waals surface area contributed by atoms with Crippen LogP contribution in [0.15, 0.2) is 84.9 Å². The van der Waals surface area contributed by atoms with Crippen molar-refractivity contribution in [2.75, 3.05) is 26.2 Å². The Morgan fingerprint density at radius 1 is 0.774 bits per heavy atom. The van der Waals surface area contributed by atoms with E-state index in [4.69, 9.17) is 0 Å². The van der Waals surface area contributed by atoms with Crippen molar-refractivity contribution < 1.29 is 8.78 Å². The minimum Gasteiger partial charge on any atom is -0.297 e. The van der Waals surface area contributed by atoms with E-state index >= 15 is 0 Å². The van der Waals surface area contributed by atoms with Crippen LogP contribution in [0.5, 0.6) is 0 Å². The van der Waals surface area contributed by atoms with Crippen molar-refractivity contribution in [1.82, 2.24) is 9.80 Å². The normalized spacial score (nSPS) is 17.9. The summed E-state index contributed by atoms with van der Waals surface area (Å²) in [5.41, 5.74) is 3.46. The fourth-order valence-electron chi connectivity index (χ4n) is 4.14. The van der Waals surface area contributed by atoms with Crippen molar-refractivity contribution in [3.8, 4) is 0 Å². The summed E-state index contributed by atoms with van der Waals surface area (Å²) >= 11 is 0. The second-order valence-electron chi connectivity index (χ2n) is 8.15. The molecule has 31 heavy (non-hydrogen) atoms. The van der Waals surface area contributed by atoms with Crippen molar-refractivity contribution in [3.63, 3.8) is 0 Å². The van der Waals surface area contributed by atoms with Crippen molar-refractivity contribution in [1.29, 1.82) is 0 Å². The molecule has 0 aliphatic carbocycles. The van der Waals surface area contributed by atoms with E-state index in [1.807, 2.05) is 42.5 Å². The third-order valence-corrected chi connectivity index (χ3v) is 5.85. The summed E-state index contributed by atoms with van der Waals surface area (Å²) in [4.78, 5) is 4.93. The van der Waals surface area contributed by atoms with E-state index in [9.17, 15) is 8.78 Å². The Morgan fingerprint density at radius 2 is 1.42 bits per heavy atom. The van der Waals surface area contributed by atoms with Crippen molar-refractivity contribution in [3.05, 3.63) is 113 Å². The Morgan fingerprint density at radius 3 is 2.10 bits per heavy atom. The average molecular weight is 419 g/mol. The number of halogens is 2. The summed E-state index contributed by atoms with van der Waals surface area (Å²) in [6.45, 7) is 4.57. The molecule has 1 aliphatic rings. The van der Waals surface area contributed by atoms with E-state index in [0.29, 0.717) is 6.04 Å². The zero-order valence-electron chi connectivity index (χ0n) is 17.6. The maximum absolute atomic E-state index is 13.3. The summed E-state index contributed by atoms with van der Waals surface area (Å²) in [5, 5.41) is 0. The minimum absolute atomic E-state index is 0.205. The molecule has 3 aromatic carbocycles. The molecule has 0 amide bonds. The van der Waals surface area contributed by atoms with E-state index in [1.54, 1.807) is 0 Å². The highest BCUT2D eigenvalue weighted by Crippen LogP contribution is 2.19. The quantitative estimate of drug-likeness (QED) is 0.506. The van der Waals surface area contributed by atoms with Crippen molar-refractivity contribution in [2.45, 2.75) is 19.0 Å². The van der Waals surface area contributed by atoms with Gasteiger partial charge in [0, 0.05) is 38.8 Å². The molecule has 0 aromatic heterocycles. The first kappa shape index (κ1) is 21.4.